The molecule has 2 atom stereocenters. The Kier molecular flexibility index (Phi) is 9.19. The van der Waals surface area contributed by atoms with Gasteiger partial charge in [0.05, 0.1) is 0 Å². The van der Waals surface area contributed by atoms with Crippen LogP contribution in [-0.4, -0.2) is 39.5 Å². The van der Waals surface area contributed by atoms with Gasteiger partial charge in [-0.05, 0) is 60.7 Å². The van der Waals surface area contributed by atoms with Gasteiger partial charge in [-0.3, -0.25) is 23.5 Å². The van der Waals surface area contributed by atoms with E-state index in [9.17, 15) is 23.0 Å². The van der Waals surface area contributed by atoms with Crippen molar-refractivity contribution in [3.8, 4) is 0 Å². The third-order valence-corrected chi connectivity index (χ3v) is 8.11. The highest BCUT2D eigenvalue weighted by Crippen LogP contribution is 2.31. The second kappa shape index (κ2) is 12.7. The Hall–Kier alpha value is -3.37. The Bertz CT molecular complexity index is 1230. The molecule has 0 radical (unpaired) electrons. The average molecular weight is 542 g/mol. The Balaban J connectivity index is 1.52. The van der Waals surface area contributed by atoms with Gasteiger partial charge in [0.1, 0.15) is 23.4 Å². The Morgan fingerprint density at radius 1 is 0.973 bits per heavy atom. The summed E-state index contributed by atoms with van der Waals surface area (Å²) in [5.74, 6) is -2.66. The van der Waals surface area contributed by atoms with E-state index in [-0.39, 0.29) is 11.9 Å². The highest BCUT2D eigenvalue weighted by atomic mass is 32.2. The summed E-state index contributed by atoms with van der Waals surface area (Å²) in [4.78, 5) is 41.6. The van der Waals surface area contributed by atoms with Crippen LogP contribution in [0.3, 0.4) is 0 Å². The molecule has 2 N–H and O–H groups in total. The predicted octanol–water partition coefficient (Wildman–Crippen LogP) is 4.41. The molecule has 0 aliphatic heterocycles. The van der Waals surface area contributed by atoms with Crippen molar-refractivity contribution in [1.29, 1.82) is 0 Å². The van der Waals surface area contributed by atoms with Gasteiger partial charge in [-0.1, -0.05) is 37.1 Å². The van der Waals surface area contributed by atoms with Gasteiger partial charge in [-0.15, -0.1) is 11.3 Å². The molecular formula is C27H28FN3O4S2. The number of hydrogen-bond acceptors (Lipinski definition) is 5. The van der Waals surface area contributed by atoms with Gasteiger partial charge >= 0.3 is 0 Å². The van der Waals surface area contributed by atoms with Crippen molar-refractivity contribution in [2.45, 2.75) is 37.8 Å². The summed E-state index contributed by atoms with van der Waals surface area (Å²) in [7, 11) is -1.84. The Labute approximate surface area is 221 Å². The largest absolute Gasteiger partial charge is 0.351 e. The fourth-order valence-corrected chi connectivity index (χ4v) is 6.03. The fraction of sp³-hybridized carbons (Fsp3) is 0.296. The number of carbonyl (C=O) groups is 3. The molecule has 2 aromatic carbocycles. The minimum Gasteiger partial charge on any atom is -0.351 e. The van der Waals surface area contributed by atoms with Crippen molar-refractivity contribution in [3.63, 3.8) is 0 Å². The molecule has 10 heteroatoms. The molecule has 0 bridgehead atoms. The summed E-state index contributed by atoms with van der Waals surface area (Å²) in [5, 5.41) is 7.49. The van der Waals surface area contributed by atoms with Crippen LogP contribution in [0.1, 0.15) is 36.6 Å². The van der Waals surface area contributed by atoms with Gasteiger partial charge in [-0.25, -0.2) is 4.39 Å². The first-order valence-electron chi connectivity index (χ1n) is 12.0. The zero-order valence-corrected chi connectivity index (χ0v) is 21.7. The van der Waals surface area contributed by atoms with Gasteiger partial charge in [0, 0.05) is 33.1 Å². The van der Waals surface area contributed by atoms with Crippen LogP contribution in [0.5, 0.6) is 0 Å². The van der Waals surface area contributed by atoms with E-state index in [1.807, 2.05) is 17.5 Å². The third-order valence-electron chi connectivity index (χ3n) is 6.03. The number of para-hydroxylation sites is 1. The monoisotopic (exact) mass is 541 g/mol. The van der Waals surface area contributed by atoms with Crippen molar-refractivity contribution in [3.05, 3.63) is 82.8 Å². The summed E-state index contributed by atoms with van der Waals surface area (Å²) in [6, 6.07) is 16.8. The molecule has 0 saturated heterocycles. The number of thiophene rings is 1. The molecule has 3 amide bonds. The lowest BCUT2D eigenvalue weighted by molar-refractivity contribution is -0.126. The number of nitrogens with one attached hydrogen (secondary N) is 2. The molecular weight excluding hydrogens is 513 g/mol. The number of amides is 3. The van der Waals surface area contributed by atoms with E-state index >= 15 is 0 Å². The smallest absolute Gasteiger partial charge is 0.248 e. The summed E-state index contributed by atoms with van der Waals surface area (Å²) in [5.41, 5.74) is 0.863. The minimum absolute atomic E-state index is 0.0620. The number of anilines is 2. The summed E-state index contributed by atoms with van der Waals surface area (Å²) < 4.78 is 25.9. The van der Waals surface area contributed by atoms with E-state index in [0.717, 1.165) is 25.7 Å². The van der Waals surface area contributed by atoms with Gasteiger partial charge < -0.3 is 10.6 Å². The highest BCUT2D eigenvalue weighted by molar-refractivity contribution is 7.86. The predicted molar refractivity (Wildman–Crippen MR) is 144 cm³/mol. The van der Waals surface area contributed by atoms with Crippen molar-refractivity contribution in [2.24, 2.45) is 0 Å². The molecule has 1 heterocycles. The first-order valence-corrected chi connectivity index (χ1v) is 14.4. The van der Waals surface area contributed by atoms with Gasteiger partial charge in [0.2, 0.25) is 17.7 Å². The van der Waals surface area contributed by atoms with Crippen molar-refractivity contribution in [1.82, 2.24) is 5.32 Å². The number of nitrogens with zero attached hydrogens (tertiary/aromatic N) is 1. The lowest BCUT2D eigenvalue weighted by Gasteiger charge is -2.31. The second-order valence-corrected chi connectivity index (χ2v) is 11.2. The molecule has 7 nitrogen and oxygen atoms in total. The van der Waals surface area contributed by atoms with E-state index in [2.05, 4.69) is 10.6 Å². The Morgan fingerprint density at radius 2 is 1.68 bits per heavy atom. The van der Waals surface area contributed by atoms with Crippen molar-refractivity contribution >= 4 is 51.2 Å². The van der Waals surface area contributed by atoms with Crippen LogP contribution in [0.15, 0.2) is 72.1 Å². The van der Waals surface area contributed by atoms with E-state index < -0.39 is 46.0 Å². The summed E-state index contributed by atoms with van der Waals surface area (Å²) in [6.45, 7) is 0. The van der Waals surface area contributed by atoms with Crippen LogP contribution in [0.4, 0.5) is 15.8 Å². The first-order chi connectivity index (χ1) is 17.9. The van der Waals surface area contributed by atoms with Crippen LogP contribution in [-0.2, 0) is 25.2 Å². The maximum atomic E-state index is 13.6. The van der Waals surface area contributed by atoms with E-state index in [0.29, 0.717) is 16.3 Å². The standard InChI is InChI=1S/C27H28FN3O4S2/c28-19-12-14-21(15-13-19)29-24(32)17-37(35)18-25(33)31(22-9-2-1-3-10-22)26(23-11-6-16-36-23)27(34)30-20-7-4-5-8-20/h1-3,6,9-16,20,26H,4-5,7-8,17-18H2,(H,29,32)(H,30,34)/t26-,37-/m1/s1. The zero-order chi connectivity index (χ0) is 26.2. The first kappa shape index (κ1) is 26.7. The maximum Gasteiger partial charge on any atom is 0.248 e. The number of benzene rings is 2. The topological polar surface area (TPSA) is 95.6 Å². The highest BCUT2D eigenvalue weighted by Gasteiger charge is 2.35. The molecule has 0 unspecified atom stereocenters. The average Bonchev–Trinajstić information content (AvgIpc) is 3.59. The van der Waals surface area contributed by atoms with Gasteiger partial charge in [-0.2, -0.15) is 0 Å². The molecule has 1 aliphatic carbocycles. The molecule has 37 heavy (non-hydrogen) atoms. The fourth-order valence-electron chi connectivity index (χ4n) is 4.33. The van der Waals surface area contributed by atoms with Crippen LogP contribution in [0, 0.1) is 5.82 Å². The zero-order valence-electron chi connectivity index (χ0n) is 20.1. The van der Waals surface area contributed by atoms with Gasteiger partial charge in [0.25, 0.3) is 0 Å². The van der Waals surface area contributed by atoms with Crippen LogP contribution >= 0.6 is 11.3 Å². The molecule has 4 rings (SSSR count). The second-order valence-electron chi connectivity index (χ2n) is 8.79. The molecule has 1 saturated carbocycles. The van der Waals surface area contributed by atoms with Crippen LogP contribution < -0.4 is 15.5 Å². The molecule has 194 valence electrons. The van der Waals surface area contributed by atoms with Gasteiger partial charge in [0.15, 0.2) is 0 Å². The van der Waals surface area contributed by atoms with Crippen LogP contribution in [0.25, 0.3) is 0 Å². The Morgan fingerprint density at radius 3 is 2.32 bits per heavy atom. The molecule has 1 fully saturated rings. The molecule has 0 spiro atoms. The molecule has 1 aromatic heterocycles. The summed E-state index contributed by atoms with van der Waals surface area (Å²) >= 11 is 1.37. The van der Waals surface area contributed by atoms with E-state index in [1.165, 1.54) is 40.5 Å². The third kappa shape index (κ3) is 7.33. The lowest BCUT2D eigenvalue weighted by Crippen LogP contribution is -2.47. The van der Waals surface area contributed by atoms with Crippen molar-refractivity contribution < 1.29 is 23.0 Å². The quantitative estimate of drug-likeness (QED) is 0.398. The summed E-state index contributed by atoms with van der Waals surface area (Å²) in [6.07, 6.45) is 3.90. The van der Waals surface area contributed by atoms with Crippen molar-refractivity contribution in [2.75, 3.05) is 21.7 Å². The number of rotatable bonds is 10. The number of carbonyl (C=O) groups excluding carboxylic acids is 3. The molecule has 1 aliphatic rings. The van der Waals surface area contributed by atoms with Crippen LogP contribution in [0.2, 0.25) is 0 Å². The van der Waals surface area contributed by atoms with E-state index in [1.54, 1.807) is 30.3 Å². The molecule has 3 aromatic rings. The maximum absolute atomic E-state index is 13.6. The SMILES string of the molecule is O=C(C[S@@](=O)CC(=O)N(c1ccccc1)[C@@H](C(=O)NC1CCCC1)c1cccs1)Nc1ccc(F)cc1. The van der Waals surface area contributed by atoms with E-state index in [4.69, 9.17) is 0 Å². The normalized spacial score (nSPS) is 15.1. The number of halogens is 1. The lowest BCUT2D eigenvalue weighted by atomic mass is 10.1. The number of hydrogen-bond donors (Lipinski definition) is 2. The minimum atomic E-state index is -1.84.